The minimum Gasteiger partial charge on any atom is -0.459 e. The van der Waals surface area contributed by atoms with Crippen LogP contribution in [0.2, 0.25) is 5.02 Å². The maximum atomic E-state index is 13.4. The summed E-state index contributed by atoms with van der Waals surface area (Å²) in [5.41, 5.74) is 5.10. The van der Waals surface area contributed by atoms with Crippen molar-refractivity contribution in [3.63, 3.8) is 0 Å². The molecule has 0 aliphatic heterocycles. The lowest BCUT2D eigenvalue weighted by molar-refractivity contribution is -0.156. The normalized spacial score (nSPS) is 13.7. The second kappa shape index (κ2) is 9.07. The monoisotopic (exact) mass is 513 g/mol. The van der Waals surface area contributed by atoms with E-state index in [1.807, 2.05) is 0 Å². The van der Waals surface area contributed by atoms with E-state index in [0.29, 0.717) is 10.4 Å². The first-order chi connectivity index (χ1) is 15.2. The number of carbonyl (C=O) groups is 1. The summed E-state index contributed by atoms with van der Waals surface area (Å²) in [5.74, 6) is -0.797. The number of benzene rings is 2. The van der Waals surface area contributed by atoms with E-state index in [-0.39, 0.29) is 10.4 Å². The number of nitrogens with zero attached hydrogens (tertiary/aromatic N) is 1. The van der Waals surface area contributed by atoms with Crippen LogP contribution in [0.15, 0.2) is 64.5 Å². The van der Waals surface area contributed by atoms with Crippen LogP contribution in [-0.2, 0) is 29.6 Å². The first-order valence-corrected chi connectivity index (χ1v) is 13.1. The van der Waals surface area contributed by atoms with Crippen LogP contribution in [0.1, 0.15) is 20.8 Å². The predicted octanol–water partition coefficient (Wildman–Crippen LogP) is 2.48. The molecule has 33 heavy (non-hydrogen) atoms. The minimum absolute atomic E-state index is 0.0978. The lowest BCUT2D eigenvalue weighted by Crippen LogP contribution is -2.45. The molecule has 0 spiro atoms. The Morgan fingerprint density at radius 3 is 2.33 bits per heavy atom. The van der Waals surface area contributed by atoms with Crippen molar-refractivity contribution in [3.8, 4) is 0 Å². The van der Waals surface area contributed by atoms with Crippen molar-refractivity contribution < 1.29 is 26.4 Å². The van der Waals surface area contributed by atoms with Gasteiger partial charge >= 0.3 is 5.97 Å². The molecule has 178 valence electrons. The number of ether oxygens (including phenoxy) is 1. The summed E-state index contributed by atoms with van der Waals surface area (Å²) in [6, 6.07) is 11.7. The number of fused-ring (bicyclic) bond motifs is 1. The third-order valence-electron chi connectivity index (χ3n) is 4.45. The summed E-state index contributed by atoms with van der Waals surface area (Å²) in [6.07, 6.45) is 0. The molecule has 0 saturated carbocycles. The van der Waals surface area contributed by atoms with E-state index in [0.717, 1.165) is 3.97 Å². The Labute approximate surface area is 197 Å². The van der Waals surface area contributed by atoms with Gasteiger partial charge in [0.15, 0.2) is 5.03 Å². The summed E-state index contributed by atoms with van der Waals surface area (Å²) < 4.78 is 61.2. The molecule has 3 rings (SSSR count). The number of nitrogens with one attached hydrogen (secondary N) is 1. The third-order valence-corrected chi connectivity index (χ3v) is 7.94. The molecule has 0 bridgehead atoms. The number of sulfonamides is 1. The van der Waals surface area contributed by atoms with E-state index in [4.69, 9.17) is 22.1 Å². The van der Waals surface area contributed by atoms with Gasteiger partial charge in [0, 0.05) is 17.0 Å². The zero-order chi connectivity index (χ0) is 24.6. The van der Waals surface area contributed by atoms with Gasteiger partial charge in [0.05, 0.1) is 10.4 Å². The van der Waals surface area contributed by atoms with Gasteiger partial charge in [-0.25, -0.2) is 25.5 Å². The second-order valence-electron chi connectivity index (χ2n) is 8.26. The quantitative estimate of drug-likeness (QED) is 0.463. The zero-order valence-corrected chi connectivity index (χ0v) is 20.5. The zero-order valence-electron chi connectivity index (χ0n) is 18.1. The van der Waals surface area contributed by atoms with Crippen LogP contribution in [0.4, 0.5) is 0 Å². The molecule has 0 aliphatic rings. The van der Waals surface area contributed by atoms with E-state index in [1.165, 1.54) is 48.5 Å². The van der Waals surface area contributed by atoms with Crippen LogP contribution in [0, 0.1) is 0 Å². The Balaban J connectivity index is 2.05. The summed E-state index contributed by atoms with van der Waals surface area (Å²) in [4.78, 5) is 12.0. The van der Waals surface area contributed by atoms with Gasteiger partial charge in [-0.15, -0.1) is 0 Å². The van der Waals surface area contributed by atoms with Gasteiger partial charge in [-0.05, 0) is 57.2 Å². The van der Waals surface area contributed by atoms with Gasteiger partial charge in [0.1, 0.15) is 11.6 Å². The fourth-order valence-corrected chi connectivity index (χ4v) is 6.34. The molecular weight excluding hydrogens is 490 g/mol. The first-order valence-electron chi connectivity index (χ1n) is 9.82. The molecular formula is C21H24ClN3O6S2. The lowest BCUT2D eigenvalue weighted by atomic mass is 10.2. The van der Waals surface area contributed by atoms with Crippen molar-refractivity contribution in [1.82, 2.24) is 8.69 Å². The molecule has 1 aromatic heterocycles. The SMILES string of the molecule is CC(C)(C)OC(=O)C(N)CNS(=O)(=O)c1cc2cc(Cl)ccc2n1S(=O)(=O)c1ccccc1. The standard InChI is InChI=1S/C21H24ClN3O6S2/c1-21(2,3)31-20(26)17(23)13-24-32(27,28)19-12-14-11-15(22)9-10-18(14)25(19)33(29,30)16-7-5-4-6-8-16/h4-12,17,24H,13,23H2,1-3H3. The topological polar surface area (TPSA) is 138 Å². The average Bonchev–Trinajstić information content (AvgIpc) is 3.11. The number of hydrogen-bond donors (Lipinski definition) is 2. The Hall–Kier alpha value is -2.44. The summed E-state index contributed by atoms with van der Waals surface area (Å²) in [7, 11) is -8.72. The lowest BCUT2D eigenvalue weighted by Gasteiger charge is -2.22. The molecule has 1 unspecified atom stereocenters. The predicted molar refractivity (Wildman–Crippen MR) is 125 cm³/mol. The molecule has 0 aliphatic carbocycles. The molecule has 3 N–H and O–H groups in total. The van der Waals surface area contributed by atoms with E-state index < -0.39 is 49.2 Å². The van der Waals surface area contributed by atoms with Crippen LogP contribution in [0.25, 0.3) is 10.9 Å². The van der Waals surface area contributed by atoms with Gasteiger partial charge in [-0.3, -0.25) is 4.79 Å². The maximum Gasteiger partial charge on any atom is 0.324 e. The van der Waals surface area contributed by atoms with Crippen LogP contribution < -0.4 is 10.5 Å². The molecule has 1 atom stereocenters. The molecule has 9 nitrogen and oxygen atoms in total. The smallest absolute Gasteiger partial charge is 0.324 e. The Morgan fingerprint density at radius 1 is 1.09 bits per heavy atom. The fourth-order valence-electron chi connectivity index (χ4n) is 3.00. The number of esters is 1. The van der Waals surface area contributed by atoms with Gasteiger partial charge in [-0.2, -0.15) is 0 Å². The van der Waals surface area contributed by atoms with E-state index in [1.54, 1.807) is 26.8 Å². The van der Waals surface area contributed by atoms with Gasteiger partial charge in [0.2, 0.25) is 0 Å². The molecule has 12 heteroatoms. The number of carbonyl (C=O) groups excluding carboxylic acids is 1. The van der Waals surface area contributed by atoms with Crippen molar-refractivity contribution in [3.05, 3.63) is 59.6 Å². The Morgan fingerprint density at radius 2 is 1.73 bits per heavy atom. The number of hydrogen-bond acceptors (Lipinski definition) is 7. The highest BCUT2D eigenvalue weighted by Crippen LogP contribution is 2.30. The molecule has 0 saturated heterocycles. The molecule has 0 fully saturated rings. The highest BCUT2D eigenvalue weighted by atomic mass is 35.5. The Bertz CT molecular complexity index is 1400. The molecule has 0 radical (unpaired) electrons. The molecule has 0 amide bonds. The van der Waals surface area contributed by atoms with Crippen molar-refractivity contribution in [2.45, 2.75) is 42.3 Å². The number of rotatable bonds is 7. The van der Waals surface area contributed by atoms with E-state index in [9.17, 15) is 21.6 Å². The van der Waals surface area contributed by atoms with E-state index >= 15 is 0 Å². The van der Waals surface area contributed by atoms with Crippen LogP contribution in [0.5, 0.6) is 0 Å². The summed E-state index contributed by atoms with van der Waals surface area (Å²) in [5, 5.41) is 0.0689. The number of nitrogens with two attached hydrogens (primary N) is 1. The molecule has 2 aromatic carbocycles. The number of aromatic nitrogens is 1. The summed E-state index contributed by atoms with van der Waals surface area (Å²) in [6.45, 7) is 4.46. The fraction of sp³-hybridized carbons (Fsp3) is 0.286. The van der Waals surface area contributed by atoms with Crippen LogP contribution >= 0.6 is 11.6 Å². The highest BCUT2D eigenvalue weighted by Gasteiger charge is 2.31. The van der Waals surface area contributed by atoms with Crippen molar-refractivity contribution >= 4 is 48.5 Å². The first kappa shape index (κ1) is 25.2. The van der Waals surface area contributed by atoms with Crippen molar-refractivity contribution in [2.75, 3.05) is 6.54 Å². The molecule has 3 aromatic rings. The van der Waals surface area contributed by atoms with Gasteiger partial charge in [0.25, 0.3) is 20.0 Å². The minimum atomic E-state index is -4.43. The Kier molecular flexibility index (Phi) is 6.92. The largest absolute Gasteiger partial charge is 0.459 e. The van der Waals surface area contributed by atoms with Crippen LogP contribution in [0.3, 0.4) is 0 Å². The number of halogens is 1. The maximum absolute atomic E-state index is 13.4. The van der Waals surface area contributed by atoms with Crippen molar-refractivity contribution in [2.24, 2.45) is 5.73 Å². The summed E-state index contributed by atoms with van der Waals surface area (Å²) >= 11 is 6.02. The molecule has 1 heterocycles. The van der Waals surface area contributed by atoms with Gasteiger partial charge in [-0.1, -0.05) is 29.8 Å². The van der Waals surface area contributed by atoms with Crippen LogP contribution in [-0.4, -0.2) is 45.0 Å². The third kappa shape index (κ3) is 5.56. The van der Waals surface area contributed by atoms with Crippen molar-refractivity contribution in [1.29, 1.82) is 0 Å². The highest BCUT2D eigenvalue weighted by molar-refractivity contribution is 7.92. The second-order valence-corrected chi connectivity index (χ2v) is 12.2. The van der Waals surface area contributed by atoms with E-state index in [2.05, 4.69) is 4.72 Å². The van der Waals surface area contributed by atoms with Gasteiger partial charge < -0.3 is 10.5 Å². The average molecular weight is 514 g/mol.